The van der Waals surface area contributed by atoms with Crippen LogP contribution in [0.2, 0.25) is 0 Å². The number of nitrogens with zero attached hydrogens (tertiary/aromatic N) is 2. The summed E-state index contributed by atoms with van der Waals surface area (Å²) in [6, 6.07) is 7.71. The molecular formula is C25H36N4O3S. The van der Waals surface area contributed by atoms with Crippen LogP contribution in [0.15, 0.2) is 29.8 Å². The van der Waals surface area contributed by atoms with Crippen LogP contribution in [0, 0.1) is 12.3 Å². The third kappa shape index (κ3) is 7.47. The Labute approximate surface area is 201 Å². The van der Waals surface area contributed by atoms with Crippen LogP contribution in [0.5, 0.6) is 0 Å². The summed E-state index contributed by atoms with van der Waals surface area (Å²) in [4.78, 5) is 41.7. The summed E-state index contributed by atoms with van der Waals surface area (Å²) in [5, 5.41) is 5.83. The van der Waals surface area contributed by atoms with E-state index in [1.54, 1.807) is 16.2 Å². The van der Waals surface area contributed by atoms with Gasteiger partial charge in [0.15, 0.2) is 0 Å². The van der Waals surface area contributed by atoms with Crippen molar-refractivity contribution >= 4 is 29.4 Å². The Bertz CT molecular complexity index is 934. The molecule has 1 aromatic carbocycles. The Hall–Kier alpha value is -2.58. The Morgan fingerprint density at radius 3 is 2.42 bits per heavy atom. The van der Waals surface area contributed by atoms with E-state index < -0.39 is 6.04 Å². The standard InChI is InChI=1S/C13H22N2O3.C12H14N2S/c1-9(17)14-11(13(2,3)4)12(18)15-7-5-6-10(15)8-16;1-9-12(15-8-14-9)11-5-3-10(4-6-11)7-13-2/h8,10-11H,5-7H2,1-4H3,(H,14,17);3-6,8,13H,7H2,1-2H3. The Morgan fingerprint density at radius 1 is 1.27 bits per heavy atom. The number of carbonyl (C=O) groups excluding carboxylic acids is 3. The van der Waals surface area contributed by atoms with Crippen molar-refractivity contribution in [2.24, 2.45) is 5.41 Å². The van der Waals surface area contributed by atoms with Crippen LogP contribution in [0.4, 0.5) is 0 Å². The van der Waals surface area contributed by atoms with E-state index in [0.29, 0.717) is 13.0 Å². The lowest BCUT2D eigenvalue weighted by Gasteiger charge is -2.34. The second-order valence-electron chi connectivity index (χ2n) is 9.37. The summed E-state index contributed by atoms with van der Waals surface area (Å²) in [7, 11) is 1.96. The fourth-order valence-corrected chi connectivity index (χ4v) is 4.59. The summed E-state index contributed by atoms with van der Waals surface area (Å²) in [5.74, 6) is -0.391. The molecule has 7 nitrogen and oxygen atoms in total. The lowest BCUT2D eigenvalue weighted by Crippen LogP contribution is -2.55. The number of nitrogens with one attached hydrogen (secondary N) is 2. The van der Waals surface area contributed by atoms with E-state index in [0.717, 1.165) is 24.9 Å². The van der Waals surface area contributed by atoms with Crippen LogP contribution < -0.4 is 10.6 Å². The van der Waals surface area contributed by atoms with Gasteiger partial charge in [-0.25, -0.2) is 4.98 Å². The number of hydrogen-bond donors (Lipinski definition) is 2. The monoisotopic (exact) mass is 472 g/mol. The molecule has 33 heavy (non-hydrogen) atoms. The fraction of sp³-hybridized carbons (Fsp3) is 0.520. The molecule has 1 aromatic heterocycles. The number of thiazole rings is 1. The van der Waals surface area contributed by atoms with Gasteiger partial charge in [0.05, 0.1) is 22.1 Å². The van der Waals surface area contributed by atoms with Gasteiger partial charge in [0.1, 0.15) is 12.3 Å². The highest BCUT2D eigenvalue weighted by Gasteiger charge is 2.39. The molecule has 3 rings (SSSR count). The van der Waals surface area contributed by atoms with Crippen molar-refractivity contribution in [3.8, 4) is 10.4 Å². The van der Waals surface area contributed by atoms with Crippen LogP contribution in [-0.2, 0) is 20.9 Å². The van der Waals surface area contributed by atoms with Crippen molar-refractivity contribution in [1.29, 1.82) is 0 Å². The number of likely N-dealkylation sites (tertiary alicyclic amines) is 1. The molecule has 180 valence electrons. The van der Waals surface area contributed by atoms with E-state index in [1.165, 1.54) is 22.9 Å². The van der Waals surface area contributed by atoms with E-state index in [9.17, 15) is 14.4 Å². The molecule has 2 amide bonds. The molecule has 2 unspecified atom stereocenters. The minimum atomic E-state index is -0.587. The lowest BCUT2D eigenvalue weighted by atomic mass is 9.85. The van der Waals surface area contributed by atoms with E-state index in [4.69, 9.17) is 0 Å². The first-order chi connectivity index (χ1) is 15.6. The van der Waals surface area contributed by atoms with E-state index >= 15 is 0 Å². The molecular weight excluding hydrogens is 436 g/mol. The van der Waals surface area contributed by atoms with Gasteiger partial charge in [0.2, 0.25) is 11.8 Å². The fourth-order valence-electron chi connectivity index (χ4n) is 3.78. The minimum Gasteiger partial charge on any atom is -0.344 e. The van der Waals surface area contributed by atoms with E-state index in [-0.39, 0.29) is 23.3 Å². The Balaban J connectivity index is 0.000000237. The van der Waals surface area contributed by atoms with E-state index in [2.05, 4.69) is 39.9 Å². The summed E-state index contributed by atoms with van der Waals surface area (Å²) in [6.45, 7) is 10.7. The predicted molar refractivity (Wildman–Crippen MR) is 133 cm³/mol. The maximum Gasteiger partial charge on any atom is 0.246 e. The molecule has 0 radical (unpaired) electrons. The van der Waals surface area contributed by atoms with Gasteiger partial charge in [-0.1, -0.05) is 45.0 Å². The number of aromatic nitrogens is 1. The first-order valence-corrected chi connectivity index (χ1v) is 12.1. The van der Waals surface area contributed by atoms with Crippen molar-refractivity contribution in [2.75, 3.05) is 13.6 Å². The first-order valence-electron chi connectivity index (χ1n) is 11.2. The second-order valence-corrected chi connectivity index (χ2v) is 10.2. The highest BCUT2D eigenvalue weighted by Crippen LogP contribution is 2.27. The molecule has 2 atom stereocenters. The summed E-state index contributed by atoms with van der Waals surface area (Å²) < 4.78 is 0. The number of hydrogen-bond acceptors (Lipinski definition) is 6. The molecule has 2 aromatic rings. The molecule has 1 saturated heterocycles. The quantitative estimate of drug-likeness (QED) is 0.627. The number of carbonyl (C=O) groups is 3. The van der Waals surface area contributed by atoms with Gasteiger partial charge in [0, 0.05) is 20.0 Å². The number of rotatable bonds is 6. The molecule has 0 aliphatic carbocycles. The van der Waals surface area contributed by atoms with E-state index in [1.807, 2.05) is 40.3 Å². The average molecular weight is 473 g/mol. The zero-order valence-electron chi connectivity index (χ0n) is 20.5. The SMILES string of the molecule is CC(=O)NC(C(=O)N1CCCC1C=O)C(C)(C)C.CNCc1ccc(-c2scnc2C)cc1. The molecule has 8 heteroatoms. The van der Waals surface area contributed by atoms with Gasteiger partial charge < -0.3 is 20.3 Å². The third-order valence-electron chi connectivity index (χ3n) is 5.54. The maximum atomic E-state index is 12.4. The number of benzene rings is 1. The maximum absolute atomic E-state index is 12.4. The largest absolute Gasteiger partial charge is 0.344 e. The molecule has 1 aliphatic rings. The van der Waals surface area contributed by atoms with Gasteiger partial charge in [-0.15, -0.1) is 11.3 Å². The highest BCUT2D eigenvalue weighted by molar-refractivity contribution is 7.13. The molecule has 0 bridgehead atoms. The lowest BCUT2D eigenvalue weighted by molar-refractivity contribution is -0.141. The molecule has 0 saturated carbocycles. The van der Waals surface area contributed by atoms with Crippen molar-refractivity contribution in [3.05, 3.63) is 41.0 Å². The van der Waals surface area contributed by atoms with Crippen molar-refractivity contribution in [1.82, 2.24) is 20.5 Å². The summed E-state index contributed by atoms with van der Waals surface area (Å²) in [5.41, 5.74) is 5.20. The predicted octanol–water partition coefficient (Wildman–Crippen LogP) is 3.57. The molecule has 2 N–H and O–H groups in total. The van der Waals surface area contributed by atoms with Gasteiger partial charge in [-0.05, 0) is 43.4 Å². The Morgan fingerprint density at radius 2 is 1.94 bits per heavy atom. The molecule has 1 aliphatic heterocycles. The van der Waals surface area contributed by atoms with Crippen LogP contribution in [0.1, 0.15) is 51.8 Å². The zero-order chi connectivity index (χ0) is 24.6. The summed E-state index contributed by atoms with van der Waals surface area (Å²) in [6.07, 6.45) is 2.37. The normalized spacial score (nSPS) is 16.5. The number of aryl methyl sites for hydroxylation is 1. The molecule has 1 fully saturated rings. The van der Waals surface area contributed by atoms with Gasteiger partial charge in [-0.2, -0.15) is 0 Å². The minimum absolute atomic E-state index is 0.160. The van der Waals surface area contributed by atoms with Crippen LogP contribution in [0.25, 0.3) is 10.4 Å². The summed E-state index contributed by atoms with van der Waals surface area (Å²) >= 11 is 1.70. The van der Waals surface area contributed by atoms with Crippen molar-refractivity contribution in [2.45, 2.75) is 66.1 Å². The van der Waals surface area contributed by atoms with Crippen LogP contribution in [0.3, 0.4) is 0 Å². The highest BCUT2D eigenvalue weighted by atomic mass is 32.1. The zero-order valence-corrected chi connectivity index (χ0v) is 21.3. The smallest absolute Gasteiger partial charge is 0.246 e. The van der Waals surface area contributed by atoms with Gasteiger partial charge >= 0.3 is 0 Å². The van der Waals surface area contributed by atoms with Gasteiger partial charge in [-0.3, -0.25) is 9.59 Å². The number of aldehydes is 1. The number of amides is 2. The average Bonchev–Trinajstić information content (AvgIpc) is 3.41. The van der Waals surface area contributed by atoms with Gasteiger partial charge in [0.25, 0.3) is 0 Å². The third-order valence-corrected chi connectivity index (χ3v) is 6.52. The topological polar surface area (TPSA) is 91.4 Å². The van der Waals surface area contributed by atoms with Crippen LogP contribution in [-0.4, -0.2) is 53.7 Å². The van der Waals surface area contributed by atoms with Crippen molar-refractivity contribution < 1.29 is 14.4 Å². The molecule has 0 spiro atoms. The van der Waals surface area contributed by atoms with Crippen LogP contribution >= 0.6 is 11.3 Å². The van der Waals surface area contributed by atoms with Crippen molar-refractivity contribution in [3.63, 3.8) is 0 Å². The molecule has 2 heterocycles. The second kappa shape index (κ2) is 12.0. The first kappa shape index (κ1) is 26.7. The Kier molecular flexibility index (Phi) is 9.73.